The molecule has 1 heterocycles. The lowest BCUT2D eigenvalue weighted by Gasteiger charge is -2.20. The van der Waals surface area contributed by atoms with Gasteiger partial charge in [-0.1, -0.05) is 0 Å². The summed E-state index contributed by atoms with van der Waals surface area (Å²) in [6.45, 7) is 1.90. The van der Waals surface area contributed by atoms with E-state index in [1.807, 2.05) is 0 Å². The number of anilines is 1. The minimum Gasteiger partial charge on any atom is -0.493 e. The zero-order chi connectivity index (χ0) is 17.5. The molecule has 1 saturated heterocycles. The number of amides is 2. The standard InChI is InChI=1S/C17H25N3O4/c1-23-14-10-12(17(22)20-8-3-4-9-20)13(11-15(14)24-2)19-16(21)6-5-7-18/h10-11H,3-9,18H2,1-2H3,(H,19,21). The molecule has 7 heteroatoms. The molecule has 0 saturated carbocycles. The van der Waals surface area contributed by atoms with Crippen molar-refractivity contribution in [1.82, 2.24) is 4.90 Å². The second kappa shape index (κ2) is 8.54. The van der Waals surface area contributed by atoms with Gasteiger partial charge >= 0.3 is 0 Å². The average molecular weight is 335 g/mol. The number of nitrogens with one attached hydrogen (secondary N) is 1. The van der Waals surface area contributed by atoms with Gasteiger partial charge in [0.1, 0.15) is 0 Å². The van der Waals surface area contributed by atoms with Crippen LogP contribution in [0, 0.1) is 0 Å². The van der Waals surface area contributed by atoms with Crippen molar-refractivity contribution in [2.75, 3.05) is 39.2 Å². The molecule has 1 aromatic carbocycles. The van der Waals surface area contributed by atoms with Gasteiger partial charge < -0.3 is 25.4 Å². The van der Waals surface area contributed by atoms with Gasteiger partial charge in [-0.05, 0) is 31.9 Å². The Labute approximate surface area is 142 Å². The van der Waals surface area contributed by atoms with Crippen LogP contribution in [-0.2, 0) is 4.79 Å². The van der Waals surface area contributed by atoms with Crippen LogP contribution >= 0.6 is 0 Å². The first kappa shape index (κ1) is 18.1. The van der Waals surface area contributed by atoms with Crippen LogP contribution in [0.4, 0.5) is 5.69 Å². The van der Waals surface area contributed by atoms with Crippen LogP contribution in [0.3, 0.4) is 0 Å². The van der Waals surface area contributed by atoms with E-state index in [-0.39, 0.29) is 11.8 Å². The monoisotopic (exact) mass is 335 g/mol. The Kier molecular flexibility index (Phi) is 6.43. The van der Waals surface area contributed by atoms with E-state index in [4.69, 9.17) is 15.2 Å². The molecule has 0 aliphatic carbocycles. The van der Waals surface area contributed by atoms with Crippen LogP contribution in [-0.4, -0.2) is 50.6 Å². The van der Waals surface area contributed by atoms with Gasteiger partial charge in [-0.15, -0.1) is 0 Å². The van der Waals surface area contributed by atoms with Crippen molar-refractivity contribution >= 4 is 17.5 Å². The Morgan fingerprint density at radius 1 is 1.17 bits per heavy atom. The van der Waals surface area contributed by atoms with Gasteiger partial charge in [-0.25, -0.2) is 0 Å². The molecule has 1 fully saturated rings. The number of rotatable bonds is 7. The highest BCUT2D eigenvalue weighted by Gasteiger charge is 2.24. The lowest BCUT2D eigenvalue weighted by Crippen LogP contribution is -2.29. The fourth-order valence-electron chi connectivity index (χ4n) is 2.73. The highest BCUT2D eigenvalue weighted by atomic mass is 16.5. The summed E-state index contributed by atoms with van der Waals surface area (Å²) in [5.41, 5.74) is 6.29. The molecule has 0 aromatic heterocycles. The average Bonchev–Trinajstić information content (AvgIpc) is 3.13. The van der Waals surface area contributed by atoms with E-state index in [9.17, 15) is 9.59 Å². The van der Waals surface area contributed by atoms with Crippen LogP contribution in [0.25, 0.3) is 0 Å². The molecule has 7 nitrogen and oxygen atoms in total. The van der Waals surface area contributed by atoms with Crippen molar-refractivity contribution in [3.05, 3.63) is 17.7 Å². The maximum Gasteiger partial charge on any atom is 0.256 e. The van der Waals surface area contributed by atoms with Crippen molar-refractivity contribution in [2.24, 2.45) is 5.73 Å². The summed E-state index contributed by atoms with van der Waals surface area (Å²) in [4.78, 5) is 26.6. The fourth-order valence-corrected chi connectivity index (χ4v) is 2.73. The lowest BCUT2D eigenvalue weighted by atomic mass is 10.1. The van der Waals surface area contributed by atoms with E-state index in [0.717, 1.165) is 25.9 Å². The summed E-state index contributed by atoms with van der Waals surface area (Å²) in [6.07, 6.45) is 2.89. The minimum absolute atomic E-state index is 0.109. The Hall–Kier alpha value is -2.28. The van der Waals surface area contributed by atoms with E-state index in [0.29, 0.717) is 42.1 Å². The number of carbonyl (C=O) groups excluding carboxylic acids is 2. The summed E-state index contributed by atoms with van der Waals surface area (Å²) in [5.74, 6) is 0.635. The highest BCUT2D eigenvalue weighted by molar-refractivity contribution is 6.04. The van der Waals surface area contributed by atoms with Gasteiger partial charge in [-0.3, -0.25) is 9.59 Å². The number of hydrogen-bond donors (Lipinski definition) is 2. The summed E-state index contributed by atoms with van der Waals surface area (Å²) >= 11 is 0. The van der Waals surface area contributed by atoms with Crippen LogP contribution in [0.2, 0.25) is 0 Å². The molecule has 2 amide bonds. The van der Waals surface area contributed by atoms with Crippen molar-refractivity contribution in [3.8, 4) is 11.5 Å². The SMILES string of the molecule is COc1cc(NC(=O)CCCN)c(C(=O)N2CCCC2)cc1OC. The second-order valence-electron chi connectivity index (χ2n) is 5.69. The first-order chi connectivity index (χ1) is 11.6. The summed E-state index contributed by atoms with van der Waals surface area (Å²) in [7, 11) is 3.03. The van der Waals surface area contributed by atoms with Gasteiger partial charge in [0.2, 0.25) is 5.91 Å². The number of nitrogens with zero attached hydrogens (tertiary/aromatic N) is 1. The van der Waals surface area contributed by atoms with Gasteiger partial charge in [0, 0.05) is 25.6 Å². The maximum absolute atomic E-state index is 12.8. The summed E-state index contributed by atoms with van der Waals surface area (Å²) in [5, 5.41) is 2.80. The molecule has 132 valence electrons. The van der Waals surface area contributed by atoms with E-state index in [1.54, 1.807) is 17.0 Å². The quantitative estimate of drug-likeness (QED) is 0.790. The molecule has 1 aliphatic heterocycles. The molecular formula is C17H25N3O4. The number of hydrogen-bond acceptors (Lipinski definition) is 5. The van der Waals surface area contributed by atoms with Crippen LogP contribution < -0.4 is 20.5 Å². The van der Waals surface area contributed by atoms with Gasteiger partial charge in [0.05, 0.1) is 25.5 Å². The van der Waals surface area contributed by atoms with E-state index in [2.05, 4.69) is 5.32 Å². The van der Waals surface area contributed by atoms with Crippen molar-refractivity contribution in [3.63, 3.8) is 0 Å². The molecule has 0 atom stereocenters. The Morgan fingerprint density at radius 3 is 2.38 bits per heavy atom. The van der Waals surface area contributed by atoms with Gasteiger partial charge in [0.25, 0.3) is 5.91 Å². The number of benzene rings is 1. The molecule has 3 N–H and O–H groups in total. The zero-order valence-electron chi connectivity index (χ0n) is 14.3. The third-order valence-electron chi connectivity index (χ3n) is 4.03. The van der Waals surface area contributed by atoms with Gasteiger partial charge in [-0.2, -0.15) is 0 Å². The lowest BCUT2D eigenvalue weighted by molar-refractivity contribution is -0.116. The molecular weight excluding hydrogens is 310 g/mol. The van der Waals surface area contributed by atoms with Crippen LogP contribution in [0.1, 0.15) is 36.0 Å². The number of likely N-dealkylation sites (tertiary alicyclic amines) is 1. The number of ether oxygens (including phenoxy) is 2. The normalized spacial score (nSPS) is 13.7. The predicted octanol–water partition coefficient (Wildman–Crippen LogP) is 1.62. The Morgan fingerprint density at radius 2 is 1.79 bits per heavy atom. The third kappa shape index (κ3) is 4.17. The van der Waals surface area contributed by atoms with E-state index < -0.39 is 0 Å². The fraction of sp³-hybridized carbons (Fsp3) is 0.529. The molecule has 0 bridgehead atoms. The smallest absolute Gasteiger partial charge is 0.256 e. The molecule has 0 unspecified atom stereocenters. The predicted molar refractivity (Wildman–Crippen MR) is 91.6 cm³/mol. The van der Waals surface area contributed by atoms with E-state index in [1.165, 1.54) is 14.2 Å². The first-order valence-electron chi connectivity index (χ1n) is 8.16. The number of methoxy groups -OCH3 is 2. The Balaban J connectivity index is 2.33. The summed E-state index contributed by atoms with van der Waals surface area (Å²) in [6, 6.07) is 3.25. The largest absolute Gasteiger partial charge is 0.493 e. The summed E-state index contributed by atoms with van der Waals surface area (Å²) < 4.78 is 10.6. The van der Waals surface area contributed by atoms with Crippen molar-refractivity contribution < 1.29 is 19.1 Å². The third-order valence-corrected chi connectivity index (χ3v) is 4.03. The molecule has 24 heavy (non-hydrogen) atoms. The molecule has 0 spiro atoms. The second-order valence-corrected chi connectivity index (χ2v) is 5.69. The molecule has 0 radical (unpaired) electrons. The van der Waals surface area contributed by atoms with E-state index >= 15 is 0 Å². The molecule has 1 aliphatic rings. The van der Waals surface area contributed by atoms with Gasteiger partial charge in [0.15, 0.2) is 11.5 Å². The van der Waals surface area contributed by atoms with Crippen molar-refractivity contribution in [1.29, 1.82) is 0 Å². The maximum atomic E-state index is 12.8. The zero-order valence-corrected chi connectivity index (χ0v) is 14.3. The van der Waals surface area contributed by atoms with Crippen LogP contribution in [0.5, 0.6) is 11.5 Å². The van der Waals surface area contributed by atoms with Crippen LogP contribution in [0.15, 0.2) is 12.1 Å². The minimum atomic E-state index is -0.178. The molecule has 2 rings (SSSR count). The number of nitrogens with two attached hydrogens (primary N) is 1. The molecule has 1 aromatic rings. The highest BCUT2D eigenvalue weighted by Crippen LogP contribution is 2.34. The van der Waals surface area contributed by atoms with Crippen molar-refractivity contribution in [2.45, 2.75) is 25.7 Å². The number of carbonyl (C=O) groups is 2. The topological polar surface area (TPSA) is 93.9 Å². The first-order valence-corrected chi connectivity index (χ1v) is 8.16. The Bertz CT molecular complexity index is 598.